The number of ether oxygens (including phenoxy) is 5. The molecule has 3 rings (SSSR count). The molecule has 0 bridgehead atoms. The number of aliphatic hydroxyl groups excluding tert-OH is 1. The summed E-state index contributed by atoms with van der Waals surface area (Å²) in [7, 11) is 9.38. The van der Waals surface area contributed by atoms with E-state index >= 15 is 0 Å². The molecule has 0 radical (unpaired) electrons. The Morgan fingerprint density at radius 3 is 2.28 bits per heavy atom. The van der Waals surface area contributed by atoms with Gasteiger partial charge in [0, 0.05) is 31.2 Å². The molecule has 3 aliphatic rings. The van der Waals surface area contributed by atoms with Crippen LogP contribution in [0.5, 0.6) is 0 Å². The molecule has 3 N–H and O–H groups in total. The Hall–Kier alpha value is -1.87. The number of Topliss-reactive ketones (excluding diaryl/α,β-unsaturated/α-hetero) is 1. The Kier molecular flexibility index (Phi) is 13.3. The zero-order chi connectivity index (χ0) is 35.6. The number of carbonyl (C=O) groups excluding carboxylic acids is 3. The van der Waals surface area contributed by atoms with Crippen LogP contribution in [0.1, 0.15) is 74.7 Å². The van der Waals surface area contributed by atoms with Crippen LogP contribution in [-0.4, -0.2) is 141 Å². The maximum atomic E-state index is 14.2. The molecular formula is C34H62N4O9. The molecule has 0 saturated carbocycles. The van der Waals surface area contributed by atoms with Crippen LogP contribution in [0.2, 0.25) is 0 Å². The van der Waals surface area contributed by atoms with Gasteiger partial charge in [0.25, 0.3) is 0 Å². The second kappa shape index (κ2) is 15.8. The first-order valence-electron chi connectivity index (χ1n) is 17.1. The number of hydrogen-bond acceptors (Lipinski definition) is 12. The molecule has 0 aromatic rings. The van der Waals surface area contributed by atoms with Crippen LogP contribution < -0.4 is 10.6 Å². The van der Waals surface area contributed by atoms with Crippen molar-refractivity contribution in [3.8, 4) is 0 Å². The number of methoxy groups -OCH3 is 1. The summed E-state index contributed by atoms with van der Waals surface area (Å²) >= 11 is 0. The highest BCUT2D eigenvalue weighted by Crippen LogP contribution is 2.38. The van der Waals surface area contributed by atoms with Crippen LogP contribution in [0.15, 0.2) is 0 Å². The van der Waals surface area contributed by atoms with Gasteiger partial charge in [-0.15, -0.1) is 0 Å². The van der Waals surface area contributed by atoms with Gasteiger partial charge in [0.05, 0.1) is 23.9 Å². The Balaban J connectivity index is 2.05. The summed E-state index contributed by atoms with van der Waals surface area (Å²) < 4.78 is 31.1. The summed E-state index contributed by atoms with van der Waals surface area (Å²) in [6, 6.07) is -0.959. The second-order valence-corrected chi connectivity index (χ2v) is 15.0. The minimum atomic E-state index is -1.16. The molecule has 3 fully saturated rings. The van der Waals surface area contributed by atoms with Crippen molar-refractivity contribution in [2.45, 2.75) is 141 Å². The molecular weight excluding hydrogens is 608 g/mol. The van der Waals surface area contributed by atoms with E-state index in [2.05, 4.69) is 29.4 Å². The van der Waals surface area contributed by atoms with E-state index in [0.29, 0.717) is 25.8 Å². The number of aliphatic hydroxyl groups is 1. The predicted molar refractivity (Wildman–Crippen MR) is 177 cm³/mol. The second-order valence-electron chi connectivity index (χ2n) is 15.0. The molecule has 3 heterocycles. The first-order chi connectivity index (χ1) is 21.8. The van der Waals surface area contributed by atoms with E-state index in [4.69, 9.17) is 23.7 Å². The lowest BCUT2D eigenvalue weighted by molar-refractivity contribution is -0.302. The minimum absolute atomic E-state index is 0.0238. The van der Waals surface area contributed by atoms with E-state index in [0.717, 1.165) is 0 Å². The van der Waals surface area contributed by atoms with Gasteiger partial charge in [0.15, 0.2) is 17.7 Å². The molecule has 272 valence electrons. The largest absolute Gasteiger partial charge is 0.458 e. The fraction of sp³-hybridized carbons (Fsp3) is 0.912. The van der Waals surface area contributed by atoms with Crippen molar-refractivity contribution in [2.75, 3.05) is 41.8 Å². The Morgan fingerprint density at radius 2 is 1.72 bits per heavy atom. The van der Waals surface area contributed by atoms with Crippen molar-refractivity contribution in [2.24, 2.45) is 17.8 Å². The predicted octanol–water partition coefficient (Wildman–Crippen LogP) is 2.18. The molecule has 1 unspecified atom stereocenters. The number of carbonyl (C=O) groups is 3. The smallest absolute Gasteiger partial charge is 0.408 e. The zero-order valence-corrected chi connectivity index (χ0v) is 30.9. The Bertz CT molecular complexity index is 1090. The number of likely N-dealkylation sites (N-methyl/N-ethyl adjacent to an activating group) is 2. The van der Waals surface area contributed by atoms with Gasteiger partial charge in [-0.2, -0.15) is 0 Å². The standard InChI is InChI=1S/C34H62N4O9/c1-14-25-34(8)28(36-32(42)47-34)21(5)35-17-18(2)16-33(7,43-13)29(19(3)26(39)20(4)30(41)45-25)46-31-27(40)23(38(11)12)15-24(44-31)22(6)37(9)10/h18-25,27-29,31,35,40H,14-17H2,1-13H3,(H,36,42)/t18-,19+,20?,21-,22-,23+,24+,25-,27-,28-,29-,31+,33-,34-/m1/s1. The molecule has 3 aliphatic heterocycles. The SMILES string of the molecule is CC[C@H]1OC(=O)C(C)C(=O)[C@H](C)[C@@H](O[C@@H]2O[C@H]([C@@H](C)N(C)C)C[C@H](N(C)C)[C@H]2O)[C@](C)(OC)C[C@@H](C)CN[C@H](C)[C@H]2NC(=O)O[C@@]21C. The number of rotatable bonds is 7. The van der Waals surface area contributed by atoms with Crippen LogP contribution in [0, 0.1) is 17.8 Å². The van der Waals surface area contributed by atoms with Crippen LogP contribution in [0.25, 0.3) is 0 Å². The van der Waals surface area contributed by atoms with Gasteiger partial charge in [-0.1, -0.05) is 20.8 Å². The van der Waals surface area contributed by atoms with Crippen molar-refractivity contribution in [3.63, 3.8) is 0 Å². The summed E-state index contributed by atoms with van der Waals surface area (Å²) in [6.45, 7) is 15.4. The number of ketones is 1. The van der Waals surface area contributed by atoms with Crippen molar-refractivity contribution in [1.82, 2.24) is 20.4 Å². The maximum Gasteiger partial charge on any atom is 0.408 e. The summed E-state index contributed by atoms with van der Waals surface area (Å²) in [5.41, 5.74) is -2.18. The fourth-order valence-electron chi connectivity index (χ4n) is 7.62. The lowest BCUT2D eigenvalue weighted by Gasteiger charge is -2.48. The monoisotopic (exact) mass is 670 g/mol. The topological polar surface area (TPSA) is 148 Å². The average molecular weight is 671 g/mol. The Morgan fingerprint density at radius 1 is 1.09 bits per heavy atom. The lowest BCUT2D eigenvalue weighted by atomic mass is 9.78. The molecule has 13 nitrogen and oxygen atoms in total. The van der Waals surface area contributed by atoms with E-state index in [9.17, 15) is 19.5 Å². The highest BCUT2D eigenvalue weighted by Gasteiger charge is 2.55. The van der Waals surface area contributed by atoms with Crippen LogP contribution in [0.3, 0.4) is 0 Å². The van der Waals surface area contributed by atoms with E-state index in [1.54, 1.807) is 21.0 Å². The number of alkyl carbamates (subject to hydrolysis) is 1. The van der Waals surface area contributed by atoms with Crippen molar-refractivity contribution in [3.05, 3.63) is 0 Å². The third kappa shape index (κ3) is 8.48. The van der Waals surface area contributed by atoms with Gasteiger partial charge in [0.1, 0.15) is 18.1 Å². The number of cyclic esters (lactones) is 1. The van der Waals surface area contributed by atoms with Gasteiger partial charge in [-0.05, 0) is 94.5 Å². The number of nitrogens with one attached hydrogen (secondary N) is 2. The molecule has 13 heteroatoms. The fourth-order valence-corrected chi connectivity index (χ4v) is 7.62. The molecule has 0 aliphatic carbocycles. The summed E-state index contributed by atoms with van der Waals surface area (Å²) in [5.74, 6) is -3.07. The molecule has 3 saturated heterocycles. The van der Waals surface area contributed by atoms with Crippen molar-refractivity contribution >= 4 is 17.8 Å². The number of hydrogen-bond donors (Lipinski definition) is 3. The molecule has 14 atom stereocenters. The van der Waals surface area contributed by atoms with Gasteiger partial charge < -0.3 is 49.2 Å². The van der Waals surface area contributed by atoms with E-state index in [1.807, 2.05) is 53.9 Å². The minimum Gasteiger partial charge on any atom is -0.458 e. The first kappa shape index (κ1) is 39.6. The number of esters is 1. The van der Waals surface area contributed by atoms with E-state index in [-0.39, 0.29) is 35.9 Å². The van der Waals surface area contributed by atoms with Crippen LogP contribution in [-0.2, 0) is 33.3 Å². The normalized spacial score (nSPS) is 43.4. The molecule has 0 aromatic heterocycles. The number of fused-ring (bicyclic) bond motifs is 1. The number of nitrogens with zero attached hydrogens (tertiary/aromatic N) is 2. The van der Waals surface area contributed by atoms with Gasteiger partial charge in [-0.25, -0.2) is 4.79 Å². The van der Waals surface area contributed by atoms with Gasteiger partial charge in [-0.3, -0.25) is 9.59 Å². The lowest BCUT2D eigenvalue weighted by Crippen LogP contribution is -2.61. The quantitative estimate of drug-likeness (QED) is 0.269. The molecule has 0 aromatic carbocycles. The molecule has 1 amide bonds. The van der Waals surface area contributed by atoms with Gasteiger partial charge >= 0.3 is 12.1 Å². The van der Waals surface area contributed by atoms with Crippen molar-refractivity contribution < 1.29 is 43.2 Å². The Labute approximate surface area is 281 Å². The van der Waals surface area contributed by atoms with Crippen LogP contribution >= 0.6 is 0 Å². The highest BCUT2D eigenvalue weighted by molar-refractivity contribution is 6.00. The van der Waals surface area contributed by atoms with Gasteiger partial charge in [0.2, 0.25) is 0 Å². The zero-order valence-electron chi connectivity index (χ0n) is 30.9. The van der Waals surface area contributed by atoms with E-state index in [1.165, 1.54) is 6.92 Å². The van der Waals surface area contributed by atoms with Crippen molar-refractivity contribution in [1.29, 1.82) is 0 Å². The number of amides is 1. The maximum absolute atomic E-state index is 14.2. The third-order valence-corrected chi connectivity index (χ3v) is 11.0. The molecule has 0 spiro atoms. The first-order valence-corrected chi connectivity index (χ1v) is 17.1. The molecule has 47 heavy (non-hydrogen) atoms. The average Bonchev–Trinajstić information content (AvgIpc) is 3.33. The third-order valence-electron chi connectivity index (χ3n) is 11.0. The highest BCUT2D eigenvalue weighted by atomic mass is 16.7. The summed E-state index contributed by atoms with van der Waals surface area (Å²) in [4.78, 5) is 44.4. The van der Waals surface area contributed by atoms with E-state index < -0.39 is 65.7 Å². The summed E-state index contributed by atoms with van der Waals surface area (Å²) in [6.07, 6.45) is -3.12. The summed E-state index contributed by atoms with van der Waals surface area (Å²) in [5, 5.41) is 18.0. The van der Waals surface area contributed by atoms with Crippen LogP contribution in [0.4, 0.5) is 4.79 Å².